The van der Waals surface area contributed by atoms with Gasteiger partial charge < -0.3 is 4.74 Å². The zero-order valence-corrected chi connectivity index (χ0v) is 15.1. The van der Waals surface area contributed by atoms with Crippen molar-refractivity contribution in [2.24, 2.45) is 11.8 Å². The number of nitrogens with zero attached hydrogens (tertiary/aromatic N) is 2. The Labute approximate surface area is 147 Å². The maximum Gasteiger partial charge on any atom is 0.311 e. The van der Waals surface area contributed by atoms with E-state index >= 15 is 0 Å². The molecule has 1 heterocycles. The summed E-state index contributed by atoms with van der Waals surface area (Å²) < 4.78 is 5.45. The minimum absolute atomic E-state index is 0.131. The number of rotatable bonds is 5. The molecule has 0 saturated heterocycles. The minimum Gasteiger partial charge on any atom is -0.427 e. The molecule has 0 unspecified atom stereocenters. The molecule has 0 N–H and O–H groups in total. The molecule has 0 radical (unpaired) electrons. The first kappa shape index (κ1) is 17.1. The number of benzene rings is 1. The van der Waals surface area contributed by atoms with Crippen LogP contribution in [0.2, 0.25) is 0 Å². The molecule has 2 aromatic rings. The van der Waals surface area contributed by atoms with Crippen LogP contribution >= 0.6 is 11.3 Å². The lowest BCUT2D eigenvalue weighted by molar-refractivity contribution is -0.134. The maximum atomic E-state index is 12.0. The molecule has 3 rings (SSSR count). The third kappa shape index (κ3) is 4.63. The van der Waals surface area contributed by atoms with Gasteiger partial charge in [-0.2, -0.15) is 0 Å². The first-order valence-electron chi connectivity index (χ1n) is 8.71. The summed E-state index contributed by atoms with van der Waals surface area (Å²) in [6, 6.07) is 7.49. The van der Waals surface area contributed by atoms with Gasteiger partial charge in [0.05, 0.1) is 0 Å². The summed E-state index contributed by atoms with van der Waals surface area (Å²) in [6.07, 6.45) is 6.57. The van der Waals surface area contributed by atoms with Gasteiger partial charge in [0.15, 0.2) is 0 Å². The summed E-state index contributed by atoms with van der Waals surface area (Å²) in [6.45, 7) is 4.25. The van der Waals surface area contributed by atoms with E-state index in [1.807, 2.05) is 31.2 Å². The number of esters is 1. The Kier molecular flexibility index (Phi) is 5.61. The molecule has 1 aromatic carbocycles. The molecule has 128 valence electrons. The predicted molar refractivity (Wildman–Crippen MR) is 96.1 cm³/mol. The molecule has 1 saturated carbocycles. The van der Waals surface area contributed by atoms with Crippen LogP contribution in [0.25, 0.3) is 10.6 Å². The van der Waals surface area contributed by atoms with Crippen molar-refractivity contribution in [2.75, 3.05) is 0 Å². The van der Waals surface area contributed by atoms with Crippen LogP contribution in [-0.2, 0) is 4.79 Å². The summed E-state index contributed by atoms with van der Waals surface area (Å²) in [4.78, 5) is 12.0. The molecule has 24 heavy (non-hydrogen) atoms. The largest absolute Gasteiger partial charge is 0.427 e. The Bertz CT molecular complexity index is 673. The van der Waals surface area contributed by atoms with E-state index in [9.17, 15) is 4.79 Å². The highest BCUT2D eigenvalue weighted by Crippen LogP contribution is 2.31. The fourth-order valence-electron chi connectivity index (χ4n) is 3.20. The van der Waals surface area contributed by atoms with Gasteiger partial charge in [0.1, 0.15) is 15.8 Å². The fraction of sp³-hybridized carbons (Fsp3) is 0.526. The van der Waals surface area contributed by atoms with E-state index in [2.05, 4.69) is 17.1 Å². The fourth-order valence-corrected chi connectivity index (χ4v) is 3.90. The molecule has 0 spiro atoms. The van der Waals surface area contributed by atoms with Crippen LogP contribution in [-0.4, -0.2) is 16.2 Å². The second kappa shape index (κ2) is 7.88. The number of hydrogen-bond donors (Lipinski definition) is 0. The van der Waals surface area contributed by atoms with Gasteiger partial charge in [0, 0.05) is 12.0 Å². The van der Waals surface area contributed by atoms with Crippen LogP contribution in [0.15, 0.2) is 24.3 Å². The number of aryl methyl sites for hydroxylation is 1. The summed E-state index contributed by atoms with van der Waals surface area (Å²) in [5.74, 6) is 2.01. The van der Waals surface area contributed by atoms with Crippen molar-refractivity contribution in [1.82, 2.24) is 10.2 Å². The summed E-state index contributed by atoms with van der Waals surface area (Å²) >= 11 is 1.55. The van der Waals surface area contributed by atoms with Crippen LogP contribution < -0.4 is 4.74 Å². The lowest BCUT2D eigenvalue weighted by Gasteiger charge is -2.25. The Morgan fingerprint density at radius 3 is 2.50 bits per heavy atom. The molecule has 0 amide bonds. The predicted octanol–water partition coefficient (Wildman–Crippen LogP) is 5.03. The lowest BCUT2D eigenvalue weighted by atomic mass is 9.81. The van der Waals surface area contributed by atoms with E-state index in [-0.39, 0.29) is 5.97 Å². The highest BCUT2D eigenvalue weighted by atomic mass is 32.1. The monoisotopic (exact) mass is 344 g/mol. The van der Waals surface area contributed by atoms with Crippen molar-refractivity contribution >= 4 is 17.3 Å². The average molecular weight is 344 g/mol. The van der Waals surface area contributed by atoms with Crippen molar-refractivity contribution < 1.29 is 9.53 Å². The average Bonchev–Trinajstić information content (AvgIpc) is 3.01. The SMILES string of the molecule is Cc1nnc(-c2ccc(OC(=O)CCC3CCC(C)CC3)cc2)s1. The summed E-state index contributed by atoms with van der Waals surface area (Å²) in [5.41, 5.74) is 0.997. The van der Waals surface area contributed by atoms with Gasteiger partial charge in [-0.1, -0.05) is 43.9 Å². The second-order valence-electron chi connectivity index (χ2n) is 6.79. The number of carbonyl (C=O) groups excluding carboxylic acids is 1. The topological polar surface area (TPSA) is 52.1 Å². The van der Waals surface area contributed by atoms with E-state index in [0.717, 1.165) is 27.9 Å². The van der Waals surface area contributed by atoms with Gasteiger partial charge in [0.25, 0.3) is 0 Å². The summed E-state index contributed by atoms with van der Waals surface area (Å²) in [5, 5.41) is 9.97. The standard InChI is InChI=1S/C19H24N2O2S/c1-13-3-5-15(6-4-13)7-12-18(22)23-17-10-8-16(9-11-17)19-21-20-14(2)24-19/h8-11,13,15H,3-7,12H2,1-2H3. The van der Waals surface area contributed by atoms with E-state index in [1.54, 1.807) is 11.3 Å². The number of hydrogen-bond acceptors (Lipinski definition) is 5. The van der Waals surface area contributed by atoms with Gasteiger partial charge in [-0.3, -0.25) is 4.79 Å². The van der Waals surface area contributed by atoms with Crippen LogP contribution in [0, 0.1) is 18.8 Å². The third-order valence-electron chi connectivity index (χ3n) is 4.75. The van der Waals surface area contributed by atoms with Gasteiger partial charge in [-0.15, -0.1) is 10.2 Å². The molecule has 1 aromatic heterocycles. The van der Waals surface area contributed by atoms with Crippen LogP contribution in [0.1, 0.15) is 50.5 Å². The minimum atomic E-state index is -0.131. The van der Waals surface area contributed by atoms with E-state index in [4.69, 9.17) is 4.74 Å². The normalized spacial score (nSPS) is 20.8. The number of ether oxygens (including phenoxy) is 1. The van der Waals surface area contributed by atoms with Crippen molar-refractivity contribution in [3.05, 3.63) is 29.3 Å². The molecule has 0 aliphatic heterocycles. The van der Waals surface area contributed by atoms with Gasteiger partial charge in [-0.25, -0.2) is 0 Å². The van der Waals surface area contributed by atoms with Crippen molar-refractivity contribution in [3.63, 3.8) is 0 Å². The Balaban J connectivity index is 1.48. The molecule has 5 heteroatoms. The van der Waals surface area contributed by atoms with Crippen molar-refractivity contribution in [3.8, 4) is 16.3 Å². The first-order chi connectivity index (χ1) is 11.6. The zero-order valence-electron chi connectivity index (χ0n) is 14.3. The molecule has 4 nitrogen and oxygen atoms in total. The smallest absolute Gasteiger partial charge is 0.311 e. The Morgan fingerprint density at radius 2 is 1.88 bits per heavy atom. The molecule has 1 aliphatic rings. The van der Waals surface area contributed by atoms with Crippen molar-refractivity contribution in [1.29, 1.82) is 0 Å². The number of aromatic nitrogens is 2. The molecule has 1 fully saturated rings. The van der Waals surface area contributed by atoms with Crippen LogP contribution in [0.5, 0.6) is 5.75 Å². The van der Waals surface area contributed by atoms with E-state index < -0.39 is 0 Å². The molecular weight excluding hydrogens is 320 g/mol. The molecular formula is C19H24N2O2S. The highest BCUT2D eigenvalue weighted by molar-refractivity contribution is 7.14. The second-order valence-corrected chi connectivity index (χ2v) is 7.97. The maximum absolute atomic E-state index is 12.0. The highest BCUT2D eigenvalue weighted by Gasteiger charge is 2.19. The van der Waals surface area contributed by atoms with Crippen LogP contribution in [0.4, 0.5) is 0 Å². The quantitative estimate of drug-likeness (QED) is 0.564. The van der Waals surface area contributed by atoms with Gasteiger partial charge in [0.2, 0.25) is 0 Å². The first-order valence-corrected chi connectivity index (χ1v) is 9.53. The molecule has 0 atom stereocenters. The molecule has 1 aliphatic carbocycles. The van der Waals surface area contributed by atoms with Gasteiger partial charge in [-0.05, 0) is 49.4 Å². The number of carbonyl (C=O) groups is 1. The van der Waals surface area contributed by atoms with Crippen molar-refractivity contribution in [2.45, 2.75) is 52.4 Å². The van der Waals surface area contributed by atoms with E-state index in [0.29, 0.717) is 18.1 Å². The Hall–Kier alpha value is -1.75. The summed E-state index contributed by atoms with van der Waals surface area (Å²) in [7, 11) is 0. The molecule has 0 bridgehead atoms. The van der Waals surface area contributed by atoms with Gasteiger partial charge >= 0.3 is 5.97 Å². The van der Waals surface area contributed by atoms with Crippen LogP contribution in [0.3, 0.4) is 0 Å². The lowest BCUT2D eigenvalue weighted by Crippen LogP contribution is -2.15. The Morgan fingerprint density at radius 1 is 1.17 bits per heavy atom. The van der Waals surface area contributed by atoms with E-state index in [1.165, 1.54) is 25.7 Å². The zero-order chi connectivity index (χ0) is 16.9. The third-order valence-corrected chi connectivity index (χ3v) is 5.64.